The number of rotatable bonds is 19. The SMILES string of the molecule is CSCCC(N)C(=O)NC(CC(N)=O)C(=O)NC(CCC(=O)O)C(=O)NC(CCCCN)C(=O)O. The molecular formula is C20H36N6O8S. The van der Waals surface area contributed by atoms with E-state index in [1.165, 1.54) is 11.8 Å². The first kappa shape index (κ1) is 32.1. The number of nitrogens with one attached hydrogen (secondary N) is 3. The van der Waals surface area contributed by atoms with Crippen LogP contribution < -0.4 is 33.2 Å². The number of unbranched alkanes of at least 4 members (excludes halogenated alkanes) is 1. The second kappa shape index (κ2) is 17.5. The van der Waals surface area contributed by atoms with Crippen molar-refractivity contribution in [3.63, 3.8) is 0 Å². The third-order valence-electron chi connectivity index (χ3n) is 4.85. The van der Waals surface area contributed by atoms with Crippen molar-refractivity contribution in [1.82, 2.24) is 16.0 Å². The highest BCUT2D eigenvalue weighted by Gasteiger charge is 2.31. The number of hydrogen-bond donors (Lipinski definition) is 8. The van der Waals surface area contributed by atoms with Crippen LogP contribution in [0.4, 0.5) is 0 Å². The Morgan fingerprint density at radius 1 is 0.829 bits per heavy atom. The average molecular weight is 521 g/mol. The van der Waals surface area contributed by atoms with E-state index >= 15 is 0 Å². The summed E-state index contributed by atoms with van der Waals surface area (Å²) in [7, 11) is 0. The Morgan fingerprint density at radius 2 is 1.40 bits per heavy atom. The lowest BCUT2D eigenvalue weighted by Gasteiger charge is -2.24. The molecule has 0 heterocycles. The molecule has 0 aromatic rings. The molecule has 0 spiro atoms. The van der Waals surface area contributed by atoms with Gasteiger partial charge in [-0.1, -0.05) is 0 Å². The van der Waals surface area contributed by atoms with E-state index in [0.717, 1.165) is 0 Å². The first-order valence-corrected chi connectivity index (χ1v) is 12.4. The first-order valence-electron chi connectivity index (χ1n) is 11.0. The van der Waals surface area contributed by atoms with Crippen LogP contribution in [0.25, 0.3) is 0 Å². The number of amides is 4. The maximum Gasteiger partial charge on any atom is 0.326 e. The summed E-state index contributed by atoms with van der Waals surface area (Å²) >= 11 is 1.46. The molecule has 0 rings (SSSR count). The molecule has 15 heteroatoms. The molecule has 0 fully saturated rings. The number of aliphatic carboxylic acids is 2. The summed E-state index contributed by atoms with van der Waals surface area (Å²) in [5.74, 6) is -5.52. The molecular weight excluding hydrogens is 484 g/mol. The Bertz CT molecular complexity index is 753. The van der Waals surface area contributed by atoms with E-state index in [1.807, 2.05) is 6.26 Å². The Balaban J connectivity index is 5.51. The van der Waals surface area contributed by atoms with Crippen LogP contribution in [0.15, 0.2) is 0 Å². The van der Waals surface area contributed by atoms with E-state index in [2.05, 4.69) is 16.0 Å². The largest absolute Gasteiger partial charge is 0.481 e. The van der Waals surface area contributed by atoms with Crippen LogP contribution in [0, 0.1) is 0 Å². The van der Waals surface area contributed by atoms with Gasteiger partial charge >= 0.3 is 11.9 Å². The molecule has 11 N–H and O–H groups in total. The second-order valence-corrected chi connectivity index (χ2v) is 8.78. The molecule has 0 aromatic heterocycles. The fraction of sp³-hybridized carbons (Fsp3) is 0.700. The number of thioether (sulfide) groups is 1. The van der Waals surface area contributed by atoms with Crippen LogP contribution in [0.1, 0.15) is 44.9 Å². The van der Waals surface area contributed by atoms with Gasteiger partial charge in [0.05, 0.1) is 12.5 Å². The van der Waals surface area contributed by atoms with Gasteiger partial charge < -0.3 is 43.4 Å². The van der Waals surface area contributed by atoms with Crippen LogP contribution in [-0.2, 0) is 28.8 Å². The Labute approximate surface area is 207 Å². The molecule has 0 aliphatic carbocycles. The molecule has 0 bridgehead atoms. The van der Waals surface area contributed by atoms with Crippen LogP contribution in [0.5, 0.6) is 0 Å². The fourth-order valence-electron chi connectivity index (χ4n) is 2.90. The fourth-order valence-corrected chi connectivity index (χ4v) is 3.39. The first-order chi connectivity index (χ1) is 16.4. The van der Waals surface area contributed by atoms with Crippen LogP contribution in [-0.4, -0.2) is 88.5 Å². The quantitative estimate of drug-likeness (QED) is 0.0824. The van der Waals surface area contributed by atoms with E-state index in [4.69, 9.17) is 22.3 Å². The zero-order chi connectivity index (χ0) is 27.0. The number of hydrogen-bond acceptors (Lipinski definition) is 9. The van der Waals surface area contributed by atoms with Crippen molar-refractivity contribution < 1.29 is 39.0 Å². The predicted octanol–water partition coefficient (Wildman–Crippen LogP) is -2.52. The zero-order valence-electron chi connectivity index (χ0n) is 19.7. The molecule has 35 heavy (non-hydrogen) atoms. The van der Waals surface area contributed by atoms with Crippen molar-refractivity contribution in [3.8, 4) is 0 Å². The summed E-state index contributed by atoms with van der Waals surface area (Å²) in [5.41, 5.74) is 16.3. The number of nitrogens with two attached hydrogens (primary N) is 3. The van der Waals surface area contributed by atoms with Gasteiger partial charge in [0.15, 0.2) is 0 Å². The minimum absolute atomic E-state index is 0.0756. The molecule has 0 aromatic carbocycles. The lowest BCUT2D eigenvalue weighted by molar-refractivity contribution is -0.143. The van der Waals surface area contributed by atoms with Crippen molar-refractivity contribution in [3.05, 3.63) is 0 Å². The molecule has 0 radical (unpaired) electrons. The summed E-state index contributed by atoms with van der Waals surface area (Å²) in [4.78, 5) is 71.8. The normalized spacial score (nSPS) is 14.1. The molecule has 4 amide bonds. The maximum atomic E-state index is 12.8. The molecule has 0 aliphatic rings. The van der Waals surface area contributed by atoms with Crippen LogP contribution in [0.3, 0.4) is 0 Å². The highest BCUT2D eigenvalue weighted by Crippen LogP contribution is 2.06. The lowest BCUT2D eigenvalue weighted by Crippen LogP contribution is -2.57. The highest BCUT2D eigenvalue weighted by molar-refractivity contribution is 7.98. The molecule has 0 aliphatic heterocycles. The highest BCUT2D eigenvalue weighted by atomic mass is 32.2. The van der Waals surface area contributed by atoms with Crippen LogP contribution >= 0.6 is 11.8 Å². The van der Waals surface area contributed by atoms with E-state index in [1.54, 1.807) is 0 Å². The van der Waals surface area contributed by atoms with Gasteiger partial charge in [-0.3, -0.25) is 24.0 Å². The van der Waals surface area contributed by atoms with E-state index < -0.39 is 72.6 Å². The number of carbonyl (C=O) groups is 6. The Morgan fingerprint density at radius 3 is 1.91 bits per heavy atom. The zero-order valence-corrected chi connectivity index (χ0v) is 20.5. The number of carboxylic acid groups (broad SMARTS) is 2. The van der Waals surface area contributed by atoms with Gasteiger partial charge in [0, 0.05) is 6.42 Å². The summed E-state index contributed by atoms with van der Waals surface area (Å²) in [6.07, 6.45) is 1.67. The van der Waals surface area contributed by atoms with Crippen molar-refractivity contribution in [2.75, 3.05) is 18.6 Å². The number of carbonyl (C=O) groups excluding carboxylic acids is 4. The molecule has 4 unspecified atom stereocenters. The molecule has 200 valence electrons. The van der Waals surface area contributed by atoms with E-state index in [0.29, 0.717) is 31.6 Å². The smallest absolute Gasteiger partial charge is 0.326 e. The molecule has 4 atom stereocenters. The Hall–Kier alpha value is -2.91. The monoisotopic (exact) mass is 520 g/mol. The molecule has 14 nitrogen and oxygen atoms in total. The topological polar surface area (TPSA) is 257 Å². The number of carboxylic acids is 2. The minimum Gasteiger partial charge on any atom is -0.481 e. The average Bonchev–Trinajstić information content (AvgIpc) is 2.78. The minimum atomic E-state index is -1.47. The van der Waals surface area contributed by atoms with Crippen molar-refractivity contribution in [2.24, 2.45) is 17.2 Å². The summed E-state index contributed by atoms with van der Waals surface area (Å²) < 4.78 is 0. The summed E-state index contributed by atoms with van der Waals surface area (Å²) in [5, 5.41) is 25.2. The summed E-state index contributed by atoms with van der Waals surface area (Å²) in [6.45, 7) is 0.339. The van der Waals surface area contributed by atoms with Gasteiger partial charge in [0.2, 0.25) is 23.6 Å². The van der Waals surface area contributed by atoms with Crippen LogP contribution in [0.2, 0.25) is 0 Å². The van der Waals surface area contributed by atoms with Crippen molar-refractivity contribution >= 4 is 47.3 Å². The summed E-state index contributed by atoms with van der Waals surface area (Å²) in [6, 6.07) is -5.16. The lowest BCUT2D eigenvalue weighted by atomic mass is 10.1. The van der Waals surface area contributed by atoms with Gasteiger partial charge in [0.25, 0.3) is 0 Å². The van der Waals surface area contributed by atoms with Gasteiger partial charge in [-0.2, -0.15) is 11.8 Å². The molecule has 0 saturated carbocycles. The van der Waals surface area contributed by atoms with Gasteiger partial charge in [-0.15, -0.1) is 0 Å². The maximum absolute atomic E-state index is 12.8. The van der Waals surface area contributed by atoms with Crippen molar-refractivity contribution in [1.29, 1.82) is 0 Å². The van der Waals surface area contributed by atoms with Crippen molar-refractivity contribution in [2.45, 2.75) is 69.1 Å². The van der Waals surface area contributed by atoms with E-state index in [-0.39, 0.29) is 12.8 Å². The van der Waals surface area contributed by atoms with Gasteiger partial charge in [0.1, 0.15) is 18.1 Å². The third kappa shape index (κ3) is 14.2. The number of primary amides is 1. The standard InChI is InChI=1S/C20H36N6O8S/c1-35-9-7-11(22)17(30)26-14(10-15(23)27)19(32)24-12(5-6-16(28)29)18(31)25-13(20(33)34)4-2-3-8-21/h11-14H,2-10,21-22H2,1H3,(H2,23,27)(H,24,32)(H,25,31)(H,26,30)(H,28,29)(H,33,34). The van der Waals surface area contributed by atoms with E-state index in [9.17, 15) is 33.9 Å². The van der Waals surface area contributed by atoms with Gasteiger partial charge in [-0.25, -0.2) is 4.79 Å². The van der Waals surface area contributed by atoms with Gasteiger partial charge in [-0.05, 0) is 50.7 Å². The Kier molecular flexibility index (Phi) is 16.1. The third-order valence-corrected chi connectivity index (χ3v) is 5.49. The second-order valence-electron chi connectivity index (χ2n) is 7.80. The predicted molar refractivity (Wildman–Crippen MR) is 128 cm³/mol. The molecule has 0 saturated heterocycles.